The zero-order valence-corrected chi connectivity index (χ0v) is 16.9. The normalized spacial score (nSPS) is 10.9. The molecule has 0 unspecified atom stereocenters. The van der Waals surface area contributed by atoms with Crippen LogP contribution in [0, 0.1) is 13.8 Å². The Morgan fingerprint density at radius 1 is 1.17 bits per heavy atom. The van der Waals surface area contributed by atoms with Crippen molar-refractivity contribution in [3.8, 4) is 5.75 Å². The minimum atomic E-state index is -0.334. The lowest BCUT2D eigenvalue weighted by Gasteiger charge is -2.08. The summed E-state index contributed by atoms with van der Waals surface area (Å²) in [6.45, 7) is 6.99. The van der Waals surface area contributed by atoms with E-state index < -0.39 is 0 Å². The van der Waals surface area contributed by atoms with Gasteiger partial charge in [-0.05, 0) is 48.4 Å². The number of benzene rings is 1. The van der Waals surface area contributed by atoms with E-state index >= 15 is 0 Å². The van der Waals surface area contributed by atoms with Gasteiger partial charge in [-0.3, -0.25) is 4.79 Å². The number of nitrogens with zero attached hydrogens (tertiary/aromatic N) is 5. The topological polar surface area (TPSA) is 105 Å². The van der Waals surface area contributed by atoms with Crippen LogP contribution in [0.25, 0.3) is 0 Å². The summed E-state index contributed by atoms with van der Waals surface area (Å²) in [5.74, 6) is 1.68. The summed E-state index contributed by atoms with van der Waals surface area (Å²) in [7, 11) is 0. The van der Waals surface area contributed by atoms with Crippen LogP contribution in [0.4, 0.5) is 0 Å². The highest BCUT2D eigenvalue weighted by Gasteiger charge is 2.12. The van der Waals surface area contributed by atoms with Crippen LogP contribution in [0.1, 0.15) is 48.2 Å². The van der Waals surface area contributed by atoms with Crippen molar-refractivity contribution in [3.05, 3.63) is 52.7 Å². The smallest absolute Gasteiger partial charge is 0.310 e. The number of aryl methyl sites for hydroxylation is 3. The number of esters is 1. The molecule has 0 amide bonds. The third kappa shape index (κ3) is 5.63. The first-order chi connectivity index (χ1) is 14.1. The minimum Gasteiger partial charge on any atom is -0.489 e. The van der Waals surface area contributed by atoms with E-state index in [4.69, 9.17) is 14.0 Å². The van der Waals surface area contributed by atoms with Crippen LogP contribution in [0.2, 0.25) is 0 Å². The fraction of sp³-hybridized carbons (Fsp3) is 0.450. The first-order valence-electron chi connectivity index (χ1n) is 9.61. The Bertz CT molecular complexity index is 913. The summed E-state index contributed by atoms with van der Waals surface area (Å²) in [6.07, 6.45) is 2.17. The number of hydrogen-bond acceptors (Lipinski definition) is 8. The largest absolute Gasteiger partial charge is 0.489 e. The van der Waals surface area contributed by atoms with Crippen LogP contribution in [0.3, 0.4) is 0 Å². The molecule has 154 valence electrons. The fourth-order valence-electron chi connectivity index (χ4n) is 2.74. The summed E-state index contributed by atoms with van der Waals surface area (Å²) < 4.78 is 17.9. The van der Waals surface area contributed by atoms with Crippen molar-refractivity contribution >= 4 is 5.97 Å². The Morgan fingerprint density at radius 3 is 2.66 bits per heavy atom. The van der Waals surface area contributed by atoms with Crippen LogP contribution < -0.4 is 4.74 Å². The summed E-state index contributed by atoms with van der Waals surface area (Å²) >= 11 is 0. The van der Waals surface area contributed by atoms with Crippen molar-refractivity contribution in [2.24, 2.45) is 0 Å². The van der Waals surface area contributed by atoms with E-state index in [0.717, 1.165) is 35.4 Å². The van der Waals surface area contributed by atoms with Gasteiger partial charge in [-0.1, -0.05) is 30.6 Å². The SMILES string of the molecule is CCCCn1nnnc1COC(=O)Cc1ccc(OCc2c(C)noc2C)cc1. The molecule has 0 saturated carbocycles. The predicted molar refractivity (Wildman–Crippen MR) is 103 cm³/mol. The summed E-state index contributed by atoms with van der Waals surface area (Å²) in [6, 6.07) is 7.34. The number of carbonyl (C=O) groups is 1. The van der Waals surface area contributed by atoms with E-state index in [2.05, 4.69) is 27.6 Å². The van der Waals surface area contributed by atoms with E-state index in [1.165, 1.54) is 0 Å². The van der Waals surface area contributed by atoms with Crippen molar-refractivity contribution in [3.63, 3.8) is 0 Å². The Morgan fingerprint density at radius 2 is 1.97 bits per heavy atom. The van der Waals surface area contributed by atoms with Gasteiger partial charge in [0.15, 0.2) is 12.4 Å². The van der Waals surface area contributed by atoms with Crippen LogP contribution in [-0.2, 0) is 35.7 Å². The van der Waals surface area contributed by atoms with E-state index in [1.807, 2.05) is 38.1 Å². The van der Waals surface area contributed by atoms with Crippen molar-refractivity contribution in [1.82, 2.24) is 25.4 Å². The molecule has 29 heavy (non-hydrogen) atoms. The quantitative estimate of drug-likeness (QED) is 0.479. The number of ether oxygens (including phenoxy) is 2. The molecule has 0 bridgehead atoms. The first kappa shape index (κ1) is 20.5. The Hall–Kier alpha value is -3.23. The molecule has 0 spiro atoms. The van der Waals surface area contributed by atoms with Gasteiger partial charge in [0.1, 0.15) is 18.1 Å². The maximum Gasteiger partial charge on any atom is 0.310 e. The van der Waals surface area contributed by atoms with Crippen LogP contribution in [0.5, 0.6) is 5.75 Å². The van der Waals surface area contributed by atoms with Gasteiger partial charge in [0.2, 0.25) is 0 Å². The van der Waals surface area contributed by atoms with Crippen LogP contribution in [-0.4, -0.2) is 31.3 Å². The zero-order chi connectivity index (χ0) is 20.6. The van der Waals surface area contributed by atoms with Gasteiger partial charge < -0.3 is 14.0 Å². The molecule has 9 heteroatoms. The molecular formula is C20H25N5O4. The molecule has 9 nitrogen and oxygen atoms in total. The second kappa shape index (κ2) is 9.81. The van der Waals surface area contributed by atoms with Crippen molar-refractivity contribution < 1.29 is 18.8 Å². The third-order valence-electron chi connectivity index (χ3n) is 4.53. The van der Waals surface area contributed by atoms with Crippen LogP contribution in [0.15, 0.2) is 28.8 Å². The number of tetrazole rings is 1. The molecule has 0 fully saturated rings. The van der Waals surface area contributed by atoms with E-state index in [0.29, 0.717) is 24.7 Å². The molecule has 0 N–H and O–H groups in total. The van der Waals surface area contributed by atoms with E-state index in [9.17, 15) is 4.79 Å². The van der Waals surface area contributed by atoms with E-state index in [-0.39, 0.29) is 19.0 Å². The number of carbonyl (C=O) groups excluding carboxylic acids is 1. The van der Waals surface area contributed by atoms with Gasteiger partial charge in [-0.25, -0.2) is 4.68 Å². The van der Waals surface area contributed by atoms with Gasteiger partial charge in [-0.15, -0.1) is 5.10 Å². The Labute approximate surface area is 169 Å². The molecule has 2 heterocycles. The number of rotatable bonds is 10. The lowest BCUT2D eigenvalue weighted by atomic mass is 10.1. The molecule has 0 aliphatic heterocycles. The molecule has 0 radical (unpaired) electrons. The van der Waals surface area contributed by atoms with Crippen molar-refractivity contribution in [2.75, 3.05) is 0 Å². The highest BCUT2D eigenvalue weighted by Crippen LogP contribution is 2.18. The zero-order valence-electron chi connectivity index (χ0n) is 16.9. The number of aromatic nitrogens is 5. The summed E-state index contributed by atoms with van der Waals surface area (Å²) in [4.78, 5) is 12.1. The van der Waals surface area contributed by atoms with Gasteiger partial charge in [0, 0.05) is 6.54 Å². The highest BCUT2D eigenvalue weighted by atomic mass is 16.5. The molecule has 0 aliphatic carbocycles. The van der Waals surface area contributed by atoms with Gasteiger partial charge in [0.25, 0.3) is 0 Å². The molecule has 3 aromatic rings. The summed E-state index contributed by atoms with van der Waals surface area (Å²) in [5, 5.41) is 15.4. The lowest BCUT2D eigenvalue weighted by Crippen LogP contribution is -2.12. The number of unbranched alkanes of at least 4 members (excludes halogenated alkanes) is 1. The second-order valence-electron chi connectivity index (χ2n) is 6.74. The van der Waals surface area contributed by atoms with Gasteiger partial charge in [0.05, 0.1) is 17.7 Å². The average Bonchev–Trinajstić information content (AvgIpc) is 3.30. The van der Waals surface area contributed by atoms with Crippen molar-refractivity contribution in [2.45, 2.75) is 59.8 Å². The van der Waals surface area contributed by atoms with Gasteiger partial charge >= 0.3 is 5.97 Å². The highest BCUT2D eigenvalue weighted by molar-refractivity contribution is 5.72. The molecule has 0 saturated heterocycles. The minimum absolute atomic E-state index is 0.0637. The second-order valence-corrected chi connectivity index (χ2v) is 6.74. The van der Waals surface area contributed by atoms with E-state index in [1.54, 1.807) is 4.68 Å². The molecular weight excluding hydrogens is 374 g/mol. The molecule has 1 aromatic carbocycles. The van der Waals surface area contributed by atoms with Crippen LogP contribution >= 0.6 is 0 Å². The average molecular weight is 399 g/mol. The van der Waals surface area contributed by atoms with Gasteiger partial charge in [-0.2, -0.15) is 0 Å². The maximum absolute atomic E-state index is 12.1. The maximum atomic E-state index is 12.1. The molecule has 2 aromatic heterocycles. The fourth-order valence-corrected chi connectivity index (χ4v) is 2.74. The molecule has 3 rings (SSSR count). The predicted octanol–water partition coefficient (Wildman–Crippen LogP) is 2.94. The molecule has 0 atom stereocenters. The Balaban J connectivity index is 1.47. The third-order valence-corrected chi connectivity index (χ3v) is 4.53. The lowest BCUT2D eigenvalue weighted by molar-refractivity contribution is -0.144. The molecule has 0 aliphatic rings. The standard InChI is InChI=1S/C20H25N5O4/c1-4-5-10-25-19(21-23-24-25)13-28-20(26)11-16-6-8-17(9-7-16)27-12-18-14(2)22-29-15(18)3/h6-9H,4-5,10-13H2,1-3H3. The first-order valence-corrected chi connectivity index (χ1v) is 9.61. The monoisotopic (exact) mass is 399 g/mol. The summed E-state index contributed by atoms with van der Waals surface area (Å²) in [5.41, 5.74) is 2.60. The Kier molecular flexibility index (Phi) is 6.94. The van der Waals surface area contributed by atoms with Crippen molar-refractivity contribution in [1.29, 1.82) is 0 Å². The number of hydrogen-bond donors (Lipinski definition) is 0.